The highest BCUT2D eigenvalue weighted by Crippen LogP contribution is 2.12. The summed E-state index contributed by atoms with van der Waals surface area (Å²) in [5.41, 5.74) is 5.94. The zero-order valence-corrected chi connectivity index (χ0v) is 7.93. The second-order valence-electron chi connectivity index (χ2n) is 2.11. The largest absolute Gasteiger partial charge is 0.384 e. The molecule has 0 fully saturated rings. The molecule has 1 aromatic heterocycles. The van der Waals surface area contributed by atoms with Gasteiger partial charge in [-0.25, -0.2) is 9.97 Å². The Kier molecular flexibility index (Phi) is 3.55. The van der Waals surface area contributed by atoms with Crippen molar-refractivity contribution in [3.05, 3.63) is 11.9 Å². The number of nitrogens with two attached hydrogens (primary N) is 1. The molecule has 0 bridgehead atoms. The molecule has 0 atom stereocenters. The molecule has 0 aliphatic carbocycles. The van der Waals surface area contributed by atoms with Crippen molar-refractivity contribution in [2.75, 3.05) is 18.6 Å². The lowest BCUT2D eigenvalue weighted by Crippen LogP contribution is -1.98. The van der Waals surface area contributed by atoms with Crippen LogP contribution in [0.25, 0.3) is 0 Å². The van der Waals surface area contributed by atoms with Crippen molar-refractivity contribution in [2.45, 2.75) is 5.03 Å². The second-order valence-corrected chi connectivity index (χ2v) is 2.93. The lowest BCUT2D eigenvalue weighted by atomic mass is 10.4. The molecule has 1 heterocycles. The Morgan fingerprint density at radius 1 is 1.69 bits per heavy atom. The van der Waals surface area contributed by atoms with Crippen LogP contribution in [0.2, 0.25) is 0 Å². The third-order valence-electron chi connectivity index (χ3n) is 1.27. The molecule has 13 heavy (non-hydrogen) atoms. The molecular formula is C8H9N3OS. The molecule has 0 amide bonds. The third-order valence-corrected chi connectivity index (χ3v) is 1.89. The zero-order chi connectivity index (χ0) is 9.68. The molecule has 4 nitrogen and oxygen atoms in total. The molecule has 0 spiro atoms. The van der Waals surface area contributed by atoms with Crippen molar-refractivity contribution in [2.24, 2.45) is 0 Å². The van der Waals surface area contributed by atoms with E-state index in [-0.39, 0.29) is 6.61 Å². The summed E-state index contributed by atoms with van der Waals surface area (Å²) in [6.45, 7) is -0.204. The van der Waals surface area contributed by atoms with E-state index in [0.29, 0.717) is 11.5 Å². The molecule has 0 radical (unpaired) electrons. The van der Waals surface area contributed by atoms with Gasteiger partial charge >= 0.3 is 0 Å². The second kappa shape index (κ2) is 4.70. The van der Waals surface area contributed by atoms with Crippen LogP contribution in [0, 0.1) is 11.8 Å². The summed E-state index contributed by atoms with van der Waals surface area (Å²) >= 11 is 1.47. The minimum Gasteiger partial charge on any atom is -0.384 e. The zero-order valence-electron chi connectivity index (χ0n) is 7.11. The van der Waals surface area contributed by atoms with Crippen LogP contribution >= 0.6 is 11.8 Å². The van der Waals surface area contributed by atoms with Gasteiger partial charge < -0.3 is 10.8 Å². The Bertz CT molecular complexity index is 356. The van der Waals surface area contributed by atoms with E-state index >= 15 is 0 Å². The number of thioether (sulfide) groups is 1. The highest BCUT2D eigenvalue weighted by molar-refractivity contribution is 7.98. The van der Waals surface area contributed by atoms with E-state index in [0.717, 1.165) is 5.03 Å². The van der Waals surface area contributed by atoms with Crippen LogP contribution in [0.3, 0.4) is 0 Å². The van der Waals surface area contributed by atoms with Crippen molar-refractivity contribution in [3.63, 3.8) is 0 Å². The van der Waals surface area contributed by atoms with Gasteiger partial charge in [-0.1, -0.05) is 5.92 Å². The van der Waals surface area contributed by atoms with Crippen LogP contribution in [0.4, 0.5) is 5.82 Å². The Labute approximate surface area is 80.6 Å². The van der Waals surface area contributed by atoms with Crippen molar-refractivity contribution >= 4 is 17.6 Å². The quantitative estimate of drug-likeness (QED) is 0.492. The van der Waals surface area contributed by atoms with Crippen LogP contribution in [0.15, 0.2) is 11.2 Å². The van der Waals surface area contributed by atoms with E-state index in [1.165, 1.54) is 11.8 Å². The lowest BCUT2D eigenvalue weighted by molar-refractivity contribution is 0.350. The van der Waals surface area contributed by atoms with Crippen molar-refractivity contribution < 1.29 is 5.11 Å². The predicted octanol–water partition coefficient (Wildman–Crippen LogP) is 0.124. The molecule has 1 aromatic rings. The maximum Gasteiger partial charge on any atom is 0.158 e. The normalized spacial score (nSPS) is 9.08. The first-order valence-corrected chi connectivity index (χ1v) is 4.76. The number of rotatable bonds is 1. The van der Waals surface area contributed by atoms with E-state index in [1.54, 1.807) is 6.20 Å². The SMILES string of the molecule is CSc1cnc(N)c(C#CCO)n1. The van der Waals surface area contributed by atoms with Gasteiger partial charge in [0.1, 0.15) is 11.6 Å². The number of nitrogen functional groups attached to an aromatic ring is 1. The van der Waals surface area contributed by atoms with Crippen LogP contribution in [0.5, 0.6) is 0 Å². The number of hydrogen-bond acceptors (Lipinski definition) is 5. The van der Waals surface area contributed by atoms with Crippen molar-refractivity contribution in [3.8, 4) is 11.8 Å². The minimum absolute atomic E-state index is 0.204. The summed E-state index contributed by atoms with van der Waals surface area (Å²) in [5, 5.41) is 9.24. The molecular weight excluding hydrogens is 186 g/mol. The van der Waals surface area contributed by atoms with Gasteiger partial charge in [-0.05, 0) is 12.2 Å². The monoisotopic (exact) mass is 195 g/mol. The fraction of sp³-hybridized carbons (Fsp3) is 0.250. The fourth-order valence-electron chi connectivity index (χ4n) is 0.696. The van der Waals surface area contributed by atoms with E-state index in [4.69, 9.17) is 10.8 Å². The van der Waals surface area contributed by atoms with Gasteiger partial charge in [0.2, 0.25) is 0 Å². The molecule has 0 unspecified atom stereocenters. The first-order valence-electron chi connectivity index (χ1n) is 3.54. The van der Waals surface area contributed by atoms with E-state index in [2.05, 4.69) is 21.8 Å². The molecule has 0 saturated carbocycles. The Morgan fingerprint density at radius 3 is 3.08 bits per heavy atom. The smallest absolute Gasteiger partial charge is 0.158 e. The standard InChI is InChI=1S/C8H9N3OS/c1-13-7-5-10-8(9)6(11-7)3-2-4-12/h5,12H,4H2,1H3,(H2,9,10). The van der Waals surface area contributed by atoms with Gasteiger partial charge in [-0.15, -0.1) is 11.8 Å². The summed E-state index contributed by atoms with van der Waals surface area (Å²) < 4.78 is 0. The van der Waals surface area contributed by atoms with Gasteiger partial charge in [0.05, 0.1) is 6.20 Å². The number of hydrogen-bond donors (Lipinski definition) is 2. The lowest BCUT2D eigenvalue weighted by Gasteiger charge is -1.98. The maximum atomic E-state index is 8.48. The summed E-state index contributed by atoms with van der Waals surface area (Å²) in [4.78, 5) is 8.03. The van der Waals surface area contributed by atoms with Crippen LogP contribution in [0.1, 0.15) is 5.69 Å². The first-order chi connectivity index (χ1) is 6.27. The van der Waals surface area contributed by atoms with Gasteiger partial charge in [0, 0.05) is 0 Å². The number of aliphatic hydroxyl groups is 1. The molecule has 3 N–H and O–H groups in total. The number of nitrogens with zero attached hydrogens (tertiary/aromatic N) is 2. The first kappa shape index (κ1) is 9.84. The summed E-state index contributed by atoms with van der Waals surface area (Å²) in [5.74, 6) is 5.39. The summed E-state index contributed by atoms with van der Waals surface area (Å²) in [6.07, 6.45) is 3.48. The summed E-state index contributed by atoms with van der Waals surface area (Å²) in [7, 11) is 0. The maximum absolute atomic E-state index is 8.48. The number of anilines is 1. The van der Waals surface area contributed by atoms with Gasteiger partial charge in [-0.3, -0.25) is 0 Å². The Morgan fingerprint density at radius 2 is 2.46 bits per heavy atom. The molecule has 0 saturated heterocycles. The van der Waals surface area contributed by atoms with Crippen molar-refractivity contribution in [1.29, 1.82) is 0 Å². The van der Waals surface area contributed by atoms with E-state index in [1.807, 2.05) is 6.26 Å². The van der Waals surface area contributed by atoms with E-state index < -0.39 is 0 Å². The van der Waals surface area contributed by atoms with Gasteiger partial charge in [0.15, 0.2) is 11.5 Å². The molecule has 0 aliphatic rings. The Balaban J connectivity index is 3.04. The van der Waals surface area contributed by atoms with Crippen LogP contribution in [-0.2, 0) is 0 Å². The molecule has 0 aliphatic heterocycles. The Hall–Kier alpha value is -1.25. The van der Waals surface area contributed by atoms with Crippen LogP contribution < -0.4 is 5.73 Å². The third kappa shape index (κ3) is 2.61. The van der Waals surface area contributed by atoms with E-state index in [9.17, 15) is 0 Å². The molecule has 0 aromatic carbocycles. The number of aliphatic hydroxyl groups excluding tert-OH is 1. The minimum atomic E-state index is -0.204. The molecule has 5 heteroatoms. The predicted molar refractivity (Wildman–Crippen MR) is 52.2 cm³/mol. The highest BCUT2D eigenvalue weighted by atomic mass is 32.2. The average Bonchev–Trinajstić information content (AvgIpc) is 2.17. The molecule has 68 valence electrons. The highest BCUT2D eigenvalue weighted by Gasteiger charge is 2.00. The topological polar surface area (TPSA) is 72.0 Å². The summed E-state index contributed by atoms with van der Waals surface area (Å²) in [6, 6.07) is 0. The average molecular weight is 195 g/mol. The number of aromatic nitrogens is 2. The van der Waals surface area contributed by atoms with Crippen molar-refractivity contribution in [1.82, 2.24) is 9.97 Å². The molecule has 1 rings (SSSR count). The fourth-order valence-corrected chi connectivity index (χ4v) is 1.04. The van der Waals surface area contributed by atoms with Gasteiger partial charge in [0.25, 0.3) is 0 Å². The van der Waals surface area contributed by atoms with Crippen LogP contribution in [-0.4, -0.2) is 27.9 Å². The van der Waals surface area contributed by atoms with Gasteiger partial charge in [-0.2, -0.15) is 0 Å².